The topological polar surface area (TPSA) is 143 Å². The molecule has 2 aliphatic carbocycles. The monoisotopic (exact) mass is 705 g/mol. The quantitative estimate of drug-likeness (QED) is 0.254. The van der Waals surface area contributed by atoms with Crippen molar-refractivity contribution in [3.8, 4) is 0 Å². The molecule has 1 saturated heterocycles. The molecule has 2 fully saturated rings. The van der Waals surface area contributed by atoms with Gasteiger partial charge in [-0.2, -0.15) is 13.2 Å². The number of imide groups is 1. The summed E-state index contributed by atoms with van der Waals surface area (Å²) < 4.78 is 30.2. The predicted molar refractivity (Wildman–Crippen MR) is 163 cm³/mol. The van der Waals surface area contributed by atoms with Crippen LogP contribution in [-0.4, -0.2) is 76.5 Å². The molecule has 3 aliphatic rings. The van der Waals surface area contributed by atoms with Gasteiger partial charge in [0.05, 0.1) is 16.7 Å². The van der Waals surface area contributed by atoms with Gasteiger partial charge >= 0.3 is 6.18 Å². The number of allylic oxidation sites excluding steroid dienone is 2. The molecule has 46 heavy (non-hydrogen) atoms. The largest absolute Gasteiger partial charge is 0.542 e. The minimum atomic E-state index is -5.19. The van der Waals surface area contributed by atoms with Gasteiger partial charge in [-0.05, 0) is 49.0 Å². The second-order valence-corrected chi connectivity index (χ2v) is 13.5. The van der Waals surface area contributed by atoms with E-state index in [-0.39, 0.29) is 36.1 Å². The summed E-state index contributed by atoms with van der Waals surface area (Å²) in [5.74, 6) is -4.67. The van der Waals surface area contributed by atoms with Gasteiger partial charge in [0, 0.05) is 27.1 Å². The lowest BCUT2D eigenvalue weighted by molar-refractivity contribution is -0.406. The highest BCUT2D eigenvalue weighted by Gasteiger charge is 2.85. The number of unbranched alkanes of at least 4 members (excludes halogenated alkanes) is 1. The number of benzene rings is 2. The SMILES string of the molecule is CN(C)C(=O)[C@@H]([NH3+])CCCCN1C(=O)C2C3(C)C(=O)C(C)(C(c4ccccc4)=C3c3ccccc3)C2(Br)C1=O.O=C([O-])C(F)(F)F. The average Bonchev–Trinajstić information content (AvgIpc) is 3.39. The number of alkyl halides is 4. The number of amides is 3. The van der Waals surface area contributed by atoms with Gasteiger partial charge in [0.1, 0.15) is 10.3 Å². The van der Waals surface area contributed by atoms with Crippen LogP contribution in [0, 0.1) is 16.7 Å². The standard InChI is InChI=1S/C31H34BrN3O4.C2HF3O2/c1-29-22(19-13-7-5-8-14-19)23(20-15-9-6-10-16-20)30(2,27(29)38)31(32)24(29)26(37)35(28(31)39)18-12-11-17-21(33)25(36)34(3)4;3-2(4,5)1(6)7/h5-10,13-16,21,24H,11-12,17-18,33H2,1-4H3;(H,6,7)/t21-,24?,29?,30?,31?;/m0./s1. The van der Waals surface area contributed by atoms with Gasteiger partial charge in [0.15, 0.2) is 11.8 Å². The third-order valence-electron chi connectivity index (χ3n) is 9.30. The number of carboxylic acid groups (broad SMARTS) is 1. The summed E-state index contributed by atoms with van der Waals surface area (Å²) in [7, 11) is 3.41. The van der Waals surface area contributed by atoms with Crippen LogP contribution in [-0.2, 0) is 24.0 Å². The first kappa shape index (κ1) is 35.0. The van der Waals surface area contributed by atoms with E-state index in [2.05, 4.69) is 21.7 Å². The van der Waals surface area contributed by atoms with E-state index in [4.69, 9.17) is 9.90 Å². The third-order valence-corrected chi connectivity index (χ3v) is 10.9. The number of rotatable bonds is 8. The number of carbonyl (C=O) groups excluding carboxylic acids is 5. The number of quaternary nitrogens is 1. The number of hydrogen-bond donors (Lipinski definition) is 1. The number of ketones is 1. The van der Waals surface area contributed by atoms with Gasteiger partial charge in [-0.15, -0.1) is 0 Å². The molecule has 9 nitrogen and oxygen atoms in total. The summed E-state index contributed by atoms with van der Waals surface area (Å²) in [5.41, 5.74) is 4.93. The van der Waals surface area contributed by atoms with Gasteiger partial charge in [-0.3, -0.25) is 24.1 Å². The minimum Gasteiger partial charge on any atom is -0.542 e. The zero-order chi connectivity index (χ0) is 34.4. The molecule has 4 unspecified atom stereocenters. The number of carbonyl (C=O) groups is 5. The normalized spacial score (nSPS) is 27.4. The maximum absolute atomic E-state index is 14.4. The van der Waals surface area contributed by atoms with E-state index >= 15 is 0 Å². The van der Waals surface area contributed by atoms with Crippen molar-refractivity contribution in [2.75, 3.05) is 20.6 Å². The molecule has 1 saturated carbocycles. The van der Waals surface area contributed by atoms with Crippen molar-refractivity contribution in [1.29, 1.82) is 0 Å². The number of likely N-dealkylation sites (tertiary alicyclic amines) is 1. The lowest BCUT2D eigenvalue weighted by atomic mass is 9.63. The molecule has 3 N–H and O–H groups in total. The molecular weight excluding hydrogens is 671 g/mol. The molecule has 1 aliphatic heterocycles. The summed E-state index contributed by atoms with van der Waals surface area (Å²) >= 11 is 3.79. The van der Waals surface area contributed by atoms with Crippen molar-refractivity contribution >= 4 is 56.6 Å². The van der Waals surface area contributed by atoms with Gasteiger partial charge < -0.3 is 20.5 Å². The highest BCUT2D eigenvalue weighted by Crippen LogP contribution is 2.77. The Labute approximate surface area is 272 Å². The van der Waals surface area contributed by atoms with E-state index in [1.165, 1.54) is 9.80 Å². The lowest BCUT2D eigenvalue weighted by Crippen LogP contribution is -2.67. The summed E-state index contributed by atoms with van der Waals surface area (Å²) in [5, 5.41) is 8.78. The third kappa shape index (κ3) is 5.26. The molecule has 0 spiro atoms. The Morgan fingerprint density at radius 3 is 1.89 bits per heavy atom. The Morgan fingerprint density at radius 1 is 0.957 bits per heavy atom. The molecule has 2 aromatic carbocycles. The summed E-state index contributed by atoms with van der Waals surface area (Å²) in [6.07, 6.45) is -3.41. The van der Waals surface area contributed by atoms with Crippen molar-refractivity contribution in [1.82, 2.24) is 9.80 Å². The number of carboxylic acids is 1. The predicted octanol–water partition coefficient (Wildman–Crippen LogP) is 2.49. The van der Waals surface area contributed by atoms with Gasteiger partial charge in [0.2, 0.25) is 11.8 Å². The number of fused-ring (bicyclic) bond motifs is 5. The highest BCUT2D eigenvalue weighted by atomic mass is 79.9. The maximum atomic E-state index is 14.4. The summed E-state index contributed by atoms with van der Waals surface area (Å²) in [6.45, 7) is 3.91. The highest BCUT2D eigenvalue weighted by molar-refractivity contribution is 9.10. The summed E-state index contributed by atoms with van der Waals surface area (Å²) in [6, 6.07) is 19.1. The van der Waals surface area contributed by atoms with Crippen LogP contribution in [0.2, 0.25) is 0 Å². The van der Waals surface area contributed by atoms with E-state index in [1.54, 1.807) is 14.1 Å². The van der Waals surface area contributed by atoms with Crippen LogP contribution in [0.15, 0.2) is 60.7 Å². The van der Waals surface area contributed by atoms with Crippen LogP contribution in [0.25, 0.3) is 11.1 Å². The summed E-state index contributed by atoms with van der Waals surface area (Å²) in [4.78, 5) is 66.4. The first-order valence-electron chi connectivity index (χ1n) is 14.7. The second-order valence-electron chi connectivity index (χ2n) is 12.3. The van der Waals surface area contributed by atoms with E-state index in [1.807, 2.05) is 74.5 Å². The van der Waals surface area contributed by atoms with Crippen LogP contribution in [0.3, 0.4) is 0 Å². The van der Waals surface area contributed by atoms with E-state index in [0.717, 1.165) is 22.3 Å². The Morgan fingerprint density at radius 2 is 1.43 bits per heavy atom. The van der Waals surface area contributed by atoms with E-state index < -0.39 is 33.2 Å². The molecule has 1 heterocycles. The number of Topliss-reactive ketones (excluding diaryl/α,β-unsaturated/α-hetero) is 1. The smallest absolute Gasteiger partial charge is 0.430 e. The average molecular weight is 707 g/mol. The number of aliphatic carboxylic acids is 1. The molecule has 5 rings (SSSR count). The molecule has 13 heteroatoms. The fraction of sp³-hybridized carbons (Fsp3) is 0.424. The molecule has 3 amide bonds. The zero-order valence-corrected chi connectivity index (χ0v) is 27.4. The van der Waals surface area contributed by atoms with Crippen molar-refractivity contribution in [3.05, 3.63) is 71.8 Å². The van der Waals surface area contributed by atoms with Crippen LogP contribution < -0.4 is 10.8 Å². The van der Waals surface area contributed by atoms with Crippen molar-refractivity contribution in [3.63, 3.8) is 0 Å². The Balaban J connectivity index is 0.000000617. The van der Waals surface area contributed by atoms with Crippen LogP contribution >= 0.6 is 15.9 Å². The lowest BCUT2D eigenvalue weighted by Gasteiger charge is -2.41. The molecule has 2 bridgehead atoms. The van der Waals surface area contributed by atoms with Crippen LogP contribution in [0.4, 0.5) is 13.2 Å². The van der Waals surface area contributed by atoms with Gasteiger partial charge in [0.25, 0.3) is 5.91 Å². The van der Waals surface area contributed by atoms with E-state index in [9.17, 15) is 32.3 Å². The Kier molecular flexibility index (Phi) is 9.44. The van der Waals surface area contributed by atoms with Crippen molar-refractivity contribution < 1.29 is 48.0 Å². The first-order valence-corrected chi connectivity index (χ1v) is 15.4. The molecule has 246 valence electrons. The molecular formula is C33H35BrF3N3O6. The number of hydrogen-bond acceptors (Lipinski definition) is 6. The molecule has 0 radical (unpaired) electrons. The fourth-order valence-corrected chi connectivity index (χ4v) is 8.47. The number of nitrogens with zero attached hydrogens (tertiary/aromatic N) is 2. The molecule has 5 atom stereocenters. The van der Waals surface area contributed by atoms with Gasteiger partial charge in [-0.1, -0.05) is 76.6 Å². The molecule has 0 aromatic heterocycles. The minimum absolute atomic E-state index is 0.0406. The van der Waals surface area contributed by atoms with Crippen LogP contribution in [0.1, 0.15) is 44.2 Å². The molecule has 2 aromatic rings. The first-order chi connectivity index (χ1) is 21.4. The maximum Gasteiger partial charge on any atom is 0.430 e. The Bertz CT molecular complexity index is 1600. The van der Waals surface area contributed by atoms with E-state index in [0.29, 0.717) is 19.3 Å². The van der Waals surface area contributed by atoms with Crippen molar-refractivity contribution in [2.45, 2.75) is 49.7 Å². The fourth-order valence-electron chi connectivity index (χ4n) is 7.22. The second kappa shape index (κ2) is 12.4. The number of halogens is 4. The number of likely N-dealkylation sites (N-methyl/N-ethyl adjacent to an activating group) is 1. The van der Waals surface area contributed by atoms with Crippen molar-refractivity contribution in [2.24, 2.45) is 16.7 Å². The zero-order valence-electron chi connectivity index (χ0n) is 25.8. The van der Waals surface area contributed by atoms with Gasteiger partial charge in [-0.25, -0.2) is 0 Å². The van der Waals surface area contributed by atoms with Crippen LogP contribution in [0.5, 0.6) is 0 Å². The Hall–Kier alpha value is -3.84.